The van der Waals surface area contributed by atoms with Crippen LogP contribution in [0.15, 0.2) is 30.5 Å². The molecule has 0 atom stereocenters. The molecule has 0 unspecified atom stereocenters. The molecule has 1 aliphatic heterocycles. The second-order valence-electron chi connectivity index (χ2n) is 4.67. The number of anilines is 1. The van der Waals surface area contributed by atoms with E-state index in [9.17, 15) is 13.2 Å². The average molecular weight is 279 g/mol. The van der Waals surface area contributed by atoms with E-state index in [1.165, 1.54) is 12.1 Å². The Bertz CT molecular complexity index is 621. The first-order valence-electron chi connectivity index (χ1n) is 6.31. The first-order chi connectivity index (χ1) is 9.54. The zero-order chi connectivity index (χ0) is 14.2. The summed E-state index contributed by atoms with van der Waals surface area (Å²) < 4.78 is 37.5. The molecule has 0 saturated heterocycles. The summed E-state index contributed by atoms with van der Waals surface area (Å²) in [4.78, 5) is 8.59. The SMILES string of the molecule is FC(F)(F)c1ccc(-c2ncc3c(n2)NCCC3)cc1. The van der Waals surface area contributed by atoms with Crippen molar-refractivity contribution in [3.05, 3.63) is 41.6 Å². The molecule has 1 aromatic heterocycles. The number of rotatable bonds is 1. The molecule has 20 heavy (non-hydrogen) atoms. The summed E-state index contributed by atoms with van der Waals surface area (Å²) in [6.45, 7) is 0.858. The molecular weight excluding hydrogens is 267 g/mol. The van der Waals surface area contributed by atoms with E-state index in [0.717, 1.165) is 42.9 Å². The number of nitrogens with one attached hydrogen (secondary N) is 1. The van der Waals surface area contributed by atoms with Gasteiger partial charge in [0.1, 0.15) is 5.82 Å². The maximum absolute atomic E-state index is 12.5. The lowest BCUT2D eigenvalue weighted by atomic mass is 10.1. The molecule has 0 amide bonds. The Labute approximate surface area is 113 Å². The topological polar surface area (TPSA) is 37.8 Å². The van der Waals surface area contributed by atoms with Gasteiger partial charge in [-0.1, -0.05) is 12.1 Å². The van der Waals surface area contributed by atoms with Crippen LogP contribution in [0.25, 0.3) is 11.4 Å². The van der Waals surface area contributed by atoms with Crippen molar-refractivity contribution in [3.8, 4) is 11.4 Å². The first kappa shape index (κ1) is 12.9. The van der Waals surface area contributed by atoms with Gasteiger partial charge in [-0.25, -0.2) is 9.97 Å². The van der Waals surface area contributed by atoms with Gasteiger partial charge in [-0.05, 0) is 25.0 Å². The highest BCUT2D eigenvalue weighted by Crippen LogP contribution is 2.30. The smallest absolute Gasteiger partial charge is 0.370 e. The number of aryl methyl sites for hydroxylation is 1. The number of nitrogens with zero attached hydrogens (tertiary/aromatic N) is 2. The second kappa shape index (κ2) is 4.77. The number of alkyl halides is 3. The van der Waals surface area contributed by atoms with Gasteiger partial charge in [-0.3, -0.25) is 0 Å². The number of hydrogen-bond donors (Lipinski definition) is 1. The van der Waals surface area contributed by atoms with Gasteiger partial charge in [-0.2, -0.15) is 13.2 Å². The van der Waals surface area contributed by atoms with E-state index >= 15 is 0 Å². The third-order valence-corrected chi connectivity index (χ3v) is 3.25. The fourth-order valence-electron chi connectivity index (χ4n) is 2.18. The number of benzene rings is 1. The number of aromatic nitrogens is 2. The zero-order valence-corrected chi connectivity index (χ0v) is 10.5. The summed E-state index contributed by atoms with van der Waals surface area (Å²) in [6, 6.07) is 4.89. The van der Waals surface area contributed by atoms with E-state index in [4.69, 9.17) is 0 Å². The molecule has 0 fully saturated rings. The van der Waals surface area contributed by atoms with Crippen LogP contribution in [0.4, 0.5) is 19.0 Å². The third-order valence-electron chi connectivity index (χ3n) is 3.25. The van der Waals surface area contributed by atoms with E-state index in [1.807, 2.05) is 0 Å². The average Bonchev–Trinajstić information content (AvgIpc) is 2.46. The Morgan fingerprint density at radius 1 is 1.10 bits per heavy atom. The highest BCUT2D eigenvalue weighted by atomic mass is 19.4. The Morgan fingerprint density at radius 2 is 1.85 bits per heavy atom. The molecule has 2 heterocycles. The maximum atomic E-state index is 12.5. The van der Waals surface area contributed by atoms with Crippen LogP contribution < -0.4 is 5.32 Å². The van der Waals surface area contributed by atoms with Crippen molar-refractivity contribution in [3.63, 3.8) is 0 Å². The van der Waals surface area contributed by atoms with Gasteiger partial charge in [0.15, 0.2) is 5.82 Å². The van der Waals surface area contributed by atoms with Crippen molar-refractivity contribution in [2.75, 3.05) is 11.9 Å². The van der Waals surface area contributed by atoms with E-state index in [0.29, 0.717) is 11.4 Å². The molecule has 3 nitrogen and oxygen atoms in total. The summed E-state index contributed by atoms with van der Waals surface area (Å²) in [5.41, 5.74) is 0.956. The zero-order valence-electron chi connectivity index (χ0n) is 10.5. The van der Waals surface area contributed by atoms with Crippen molar-refractivity contribution < 1.29 is 13.2 Å². The van der Waals surface area contributed by atoms with Gasteiger partial charge in [0.05, 0.1) is 5.56 Å². The van der Waals surface area contributed by atoms with E-state index in [1.54, 1.807) is 6.20 Å². The fraction of sp³-hybridized carbons (Fsp3) is 0.286. The lowest BCUT2D eigenvalue weighted by Gasteiger charge is -2.16. The summed E-state index contributed by atoms with van der Waals surface area (Å²) in [7, 11) is 0. The monoisotopic (exact) mass is 279 g/mol. The van der Waals surface area contributed by atoms with Crippen LogP contribution in [-0.4, -0.2) is 16.5 Å². The molecule has 6 heteroatoms. The minimum atomic E-state index is -4.32. The van der Waals surface area contributed by atoms with E-state index < -0.39 is 11.7 Å². The van der Waals surface area contributed by atoms with Crippen LogP contribution >= 0.6 is 0 Å². The summed E-state index contributed by atoms with van der Waals surface area (Å²) in [5, 5.41) is 3.18. The number of halogens is 3. The summed E-state index contributed by atoms with van der Waals surface area (Å²) >= 11 is 0. The Balaban J connectivity index is 1.93. The molecule has 3 rings (SSSR count). The van der Waals surface area contributed by atoms with E-state index in [2.05, 4.69) is 15.3 Å². The van der Waals surface area contributed by atoms with Crippen molar-refractivity contribution in [1.29, 1.82) is 0 Å². The van der Waals surface area contributed by atoms with Gasteiger partial charge >= 0.3 is 6.18 Å². The molecule has 1 aromatic carbocycles. The van der Waals surface area contributed by atoms with Crippen LogP contribution in [0.2, 0.25) is 0 Å². The highest BCUT2D eigenvalue weighted by Gasteiger charge is 2.30. The Morgan fingerprint density at radius 3 is 2.55 bits per heavy atom. The van der Waals surface area contributed by atoms with Crippen molar-refractivity contribution in [2.45, 2.75) is 19.0 Å². The standard InChI is InChI=1S/C14H12F3N3/c15-14(16,17)11-5-3-9(4-6-11)12-19-8-10-2-1-7-18-13(10)20-12/h3-6,8H,1-2,7H2,(H,18,19,20). The minimum Gasteiger partial charge on any atom is -0.370 e. The molecule has 0 radical (unpaired) electrons. The van der Waals surface area contributed by atoms with Crippen LogP contribution in [0.1, 0.15) is 17.5 Å². The van der Waals surface area contributed by atoms with Crippen LogP contribution in [0, 0.1) is 0 Å². The Kier molecular flexibility index (Phi) is 3.08. The van der Waals surface area contributed by atoms with Gasteiger partial charge in [-0.15, -0.1) is 0 Å². The van der Waals surface area contributed by atoms with Gasteiger partial charge in [0.25, 0.3) is 0 Å². The molecule has 0 spiro atoms. The van der Waals surface area contributed by atoms with Crippen molar-refractivity contribution >= 4 is 5.82 Å². The van der Waals surface area contributed by atoms with Gasteiger partial charge in [0, 0.05) is 23.9 Å². The minimum absolute atomic E-state index is 0.437. The number of hydrogen-bond acceptors (Lipinski definition) is 3. The second-order valence-corrected chi connectivity index (χ2v) is 4.67. The lowest BCUT2D eigenvalue weighted by Crippen LogP contribution is -2.14. The molecular formula is C14H12F3N3. The molecule has 2 aromatic rings. The van der Waals surface area contributed by atoms with Gasteiger partial charge < -0.3 is 5.32 Å². The van der Waals surface area contributed by atoms with Crippen molar-refractivity contribution in [1.82, 2.24) is 9.97 Å². The largest absolute Gasteiger partial charge is 0.416 e. The molecule has 0 aliphatic carbocycles. The quantitative estimate of drug-likeness (QED) is 0.868. The predicted molar refractivity (Wildman–Crippen MR) is 69.3 cm³/mol. The Hall–Kier alpha value is -2.11. The lowest BCUT2D eigenvalue weighted by molar-refractivity contribution is -0.137. The van der Waals surface area contributed by atoms with Crippen molar-refractivity contribution in [2.24, 2.45) is 0 Å². The van der Waals surface area contributed by atoms with Crippen LogP contribution in [-0.2, 0) is 12.6 Å². The number of fused-ring (bicyclic) bond motifs is 1. The first-order valence-corrected chi connectivity index (χ1v) is 6.31. The normalized spacial score (nSPS) is 14.6. The molecule has 1 aliphatic rings. The van der Waals surface area contributed by atoms with Crippen LogP contribution in [0.5, 0.6) is 0 Å². The maximum Gasteiger partial charge on any atom is 0.416 e. The highest BCUT2D eigenvalue weighted by molar-refractivity contribution is 5.59. The predicted octanol–water partition coefficient (Wildman–Crippen LogP) is 3.52. The fourth-order valence-corrected chi connectivity index (χ4v) is 2.18. The molecule has 0 saturated carbocycles. The summed E-state index contributed by atoms with van der Waals surface area (Å²) in [6.07, 6.45) is -0.621. The molecule has 104 valence electrons. The van der Waals surface area contributed by atoms with Gasteiger partial charge in [0.2, 0.25) is 0 Å². The molecule has 1 N–H and O–H groups in total. The third kappa shape index (κ3) is 2.45. The van der Waals surface area contributed by atoms with E-state index in [-0.39, 0.29) is 0 Å². The van der Waals surface area contributed by atoms with Crippen LogP contribution in [0.3, 0.4) is 0 Å². The molecule has 0 bridgehead atoms. The summed E-state index contributed by atoms with van der Waals surface area (Å²) in [5.74, 6) is 1.22.